The van der Waals surface area contributed by atoms with Crippen molar-refractivity contribution in [2.45, 2.75) is 17.1 Å². The van der Waals surface area contributed by atoms with Gasteiger partial charge in [-0.3, -0.25) is 0 Å². The number of thioether (sulfide) groups is 1. The summed E-state index contributed by atoms with van der Waals surface area (Å²) < 4.78 is 0. The summed E-state index contributed by atoms with van der Waals surface area (Å²) in [6.07, 6.45) is 0. The molecular weight excluding hydrogens is 227 g/mol. The van der Waals surface area contributed by atoms with E-state index in [0.29, 0.717) is 10.0 Å². The highest BCUT2D eigenvalue weighted by atomic mass is 35.5. The molecule has 0 bridgehead atoms. The molecule has 0 aliphatic rings. The molecule has 0 heterocycles. The van der Waals surface area contributed by atoms with Crippen molar-refractivity contribution in [1.82, 2.24) is 0 Å². The Morgan fingerprint density at radius 2 is 1.85 bits per heavy atom. The fourth-order valence-electron chi connectivity index (χ4n) is 0.866. The predicted octanol–water partition coefficient (Wildman–Crippen LogP) is 3.47. The zero-order valence-electron chi connectivity index (χ0n) is 7.13. The summed E-state index contributed by atoms with van der Waals surface area (Å²) >= 11 is 13.2. The first-order chi connectivity index (χ1) is 6.11. The van der Waals surface area contributed by atoms with E-state index in [9.17, 15) is 0 Å². The summed E-state index contributed by atoms with van der Waals surface area (Å²) in [4.78, 5) is 0.985. The van der Waals surface area contributed by atoms with Gasteiger partial charge < -0.3 is 5.11 Å². The number of benzene rings is 1. The van der Waals surface area contributed by atoms with Gasteiger partial charge in [-0.1, -0.05) is 30.1 Å². The molecule has 13 heavy (non-hydrogen) atoms. The first-order valence-corrected chi connectivity index (χ1v) is 5.49. The quantitative estimate of drug-likeness (QED) is 0.812. The smallest absolute Gasteiger partial charge is 0.0550 e. The molecule has 0 spiro atoms. The number of hydrogen-bond acceptors (Lipinski definition) is 2. The van der Waals surface area contributed by atoms with Crippen LogP contribution in [-0.2, 0) is 0 Å². The molecule has 0 aliphatic heterocycles. The topological polar surface area (TPSA) is 20.2 Å². The Morgan fingerprint density at radius 3 is 2.31 bits per heavy atom. The third kappa shape index (κ3) is 3.77. The van der Waals surface area contributed by atoms with Gasteiger partial charge in [-0.05, 0) is 18.2 Å². The van der Waals surface area contributed by atoms with Gasteiger partial charge in [0, 0.05) is 20.2 Å². The standard InChI is InChI=1S/C9H10Cl2OS/c1-6(5-12)13-9-3-7(10)2-8(11)4-9/h2-4,6,12H,5H2,1H3. The molecule has 0 radical (unpaired) electrons. The van der Waals surface area contributed by atoms with Gasteiger partial charge >= 0.3 is 0 Å². The average molecular weight is 237 g/mol. The van der Waals surface area contributed by atoms with Crippen molar-refractivity contribution in [3.8, 4) is 0 Å². The van der Waals surface area contributed by atoms with Crippen LogP contribution in [0.2, 0.25) is 10.0 Å². The molecular formula is C9H10Cl2OS. The molecule has 1 atom stereocenters. The van der Waals surface area contributed by atoms with Crippen molar-refractivity contribution in [3.05, 3.63) is 28.2 Å². The van der Waals surface area contributed by atoms with Crippen LogP contribution in [0.15, 0.2) is 23.1 Å². The lowest BCUT2D eigenvalue weighted by atomic mass is 10.4. The normalized spacial score (nSPS) is 12.9. The van der Waals surface area contributed by atoms with Gasteiger partial charge in [-0.15, -0.1) is 11.8 Å². The fraction of sp³-hybridized carbons (Fsp3) is 0.333. The van der Waals surface area contributed by atoms with Gasteiger partial charge in [0.2, 0.25) is 0 Å². The van der Waals surface area contributed by atoms with E-state index in [0.717, 1.165) is 4.90 Å². The highest BCUT2D eigenvalue weighted by Gasteiger charge is 2.04. The summed E-state index contributed by atoms with van der Waals surface area (Å²) in [7, 11) is 0. The van der Waals surface area contributed by atoms with Crippen LogP contribution in [0.1, 0.15) is 6.92 Å². The van der Waals surface area contributed by atoms with Crippen LogP contribution in [0.4, 0.5) is 0 Å². The number of hydrogen-bond donors (Lipinski definition) is 1. The molecule has 4 heteroatoms. The Kier molecular flexibility index (Phi) is 4.39. The van der Waals surface area contributed by atoms with E-state index in [1.807, 2.05) is 19.1 Å². The molecule has 72 valence electrons. The minimum Gasteiger partial charge on any atom is -0.395 e. The largest absolute Gasteiger partial charge is 0.395 e. The zero-order valence-corrected chi connectivity index (χ0v) is 9.46. The third-order valence-electron chi connectivity index (χ3n) is 1.43. The number of halogens is 2. The summed E-state index contributed by atoms with van der Waals surface area (Å²) in [5.41, 5.74) is 0. The molecule has 1 rings (SSSR count). The molecule has 0 saturated heterocycles. The maximum Gasteiger partial charge on any atom is 0.0550 e. The van der Waals surface area contributed by atoms with Crippen molar-refractivity contribution >= 4 is 35.0 Å². The molecule has 0 aliphatic carbocycles. The van der Waals surface area contributed by atoms with Gasteiger partial charge in [0.15, 0.2) is 0 Å². The molecule has 0 amide bonds. The lowest BCUT2D eigenvalue weighted by Crippen LogP contribution is -2.01. The van der Waals surface area contributed by atoms with Gasteiger partial charge in [0.1, 0.15) is 0 Å². The van der Waals surface area contributed by atoms with Crippen molar-refractivity contribution in [2.75, 3.05) is 6.61 Å². The minimum atomic E-state index is 0.148. The average Bonchev–Trinajstić information content (AvgIpc) is 2.02. The van der Waals surface area contributed by atoms with Crippen LogP contribution in [-0.4, -0.2) is 17.0 Å². The first-order valence-electron chi connectivity index (χ1n) is 3.85. The third-order valence-corrected chi connectivity index (χ3v) is 2.93. The monoisotopic (exact) mass is 236 g/mol. The van der Waals surface area contributed by atoms with E-state index < -0.39 is 0 Å². The van der Waals surface area contributed by atoms with Crippen LogP contribution in [0, 0.1) is 0 Å². The number of aliphatic hydroxyl groups is 1. The second-order valence-electron chi connectivity index (χ2n) is 2.72. The van der Waals surface area contributed by atoms with E-state index >= 15 is 0 Å². The Bertz CT molecular complexity index is 271. The molecule has 1 aromatic rings. The Morgan fingerprint density at radius 1 is 1.31 bits per heavy atom. The number of rotatable bonds is 3. The maximum atomic E-state index is 8.85. The Labute approximate surface area is 92.1 Å². The van der Waals surface area contributed by atoms with E-state index in [4.69, 9.17) is 28.3 Å². The molecule has 0 fully saturated rings. The van der Waals surface area contributed by atoms with Crippen molar-refractivity contribution < 1.29 is 5.11 Å². The van der Waals surface area contributed by atoms with Crippen LogP contribution < -0.4 is 0 Å². The van der Waals surface area contributed by atoms with Gasteiger partial charge in [0.25, 0.3) is 0 Å². The minimum absolute atomic E-state index is 0.148. The predicted molar refractivity (Wildman–Crippen MR) is 58.9 cm³/mol. The van der Waals surface area contributed by atoms with E-state index in [2.05, 4.69) is 0 Å². The summed E-state index contributed by atoms with van der Waals surface area (Å²) in [5, 5.41) is 10.3. The van der Waals surface area contributed by atoms with Crippen molar-refractivity contribution in [2.24, 2.45) is 0 Å². The van der Waals surface area contributed by atoms with E-state index in [1.54, 1.807) is 17.8 Å². The lowest BCUT2D eigenvalue weighted by Gasteiger charge is -2.07. The maximum absolute atomic E-state index is 8.85. The highest BCUT2D eigenvalue weighted by Crippen LogP contribution is 2.28. The molecule has 1 N–H and O–H groups in total. The van der Waals surface area contributed by atoms with Crippen LogP contribution >= 0.6 is 35.0 Å². The molecule has 0 aromatic heterocycles. The molecule has 1 unspecified atom stereocenters. The van der Waals surface area contributed by atoms with Gasteiger partial charge in [-0.2, -0.15) is 0 Å². The zero-order chi connectivity index (χ0) is 9.84. The SMILES string of the molecule is CC(CO)Sc1cc(Cl)cc(Cl)c1. The second-order valence-corrected chi connectivity index (χ2v) is 5.10. The van der Waals surface area contributed by atoms with Crippen molar-refractivity contribution in [1.29, 1.82) is 0 Å². The van der Waals surface area contributed by atoms with Crippen LogP contribution in [0.3, 0.4) is 0 Å². The van der Waals surface area contributed by atoms with Gasteiger partial charge in [-0.25, -0.2) is 0 Å². The van der Waals surface area contributed by atoms with E-state index in [-0.39, 0.29) is 11.9 Å². The lowest BCUT2D eigenvalue weighted by molar-refractivity contribution is 0.300. The van der Waals surface area contributed by atoms with E-state index in [1.165, 1.54) is 0 Å². The summed E-state index contributed by atoms with van der Waals surface area (Å²) in [6.45, 7) is 2.09. The van der Waals surface area contributed by atoms with Crippen LogP contribution in [0.25, 0.3) is 0 Å². The highest BCUT2D eigenvalue weighted by molar-refractivity contribution is 8.00. The molecule has 1 aromatic carbocycles. The summed E-state index contributed by atoms with van der Waals surface area (Å²) in [6, 6.07) is 5.37. The second kappa shape index (κ2) is 5.11. The molecule has 1 nitrogen and oxygen atoms in total. The summed E-state index contributed by atoms with van der Waals surface area (Å²) in [5.74, 6) is 0. The fourth-order valence-corrected chi connectivity index (χ4v) is 2.45. The number of aliphatic hydroxyl groups excluding tert-OH is 1. The van der Waals surface area contributed by atoms with Gasteiger partial charge in [0.05, 0.1) is 6.61 Å². The molecule has 0 saturated carbocycles. The van der Waals surface area contributed by atoms with Crippen molar-refractivity contribution in [3.63, 3.8) is 0 Å². The Balaban J connectivity index is 2.77. The first kappa shape index (κ1) is 11.2. The Hall–Kier alpha value is 0.110. The van der Waals surface area contributed by atoms with Crippen LogP contribution in [0.5, 0.6) is 0 Å².